The van der Waals surface area contributed by atoms with Gasteiger partial charge in [-0.25, -0.2) is 4.68 Å². The highest BCUT2D eigenvalue weighted by molar-refractivity contribution is 5.82. The smallest absolute Gasteiger partial charge is 0.320 e. The lowest BCUT2D eigenvalue weighted by molar-refractivity contribution is -0.0712. The standard InChI is InChI=1S/C26H32N6O3/c1-16-7-18-11-27-32(23(18)9-22(16)17-3-5-30(6-4-17)20-13-34-14-20)25-10-24(28-26(29-25)33-2)31-12-21-8-19(31)15-35-21/h7,9-11,17,19-21H,3-6,8,12-15H2,1-2H3/i2D3. The van der Waals surface area contributed by atoms with Crippen LogP contribution in [0.5, 0.6) is 6.01 Å². The predicted molar refractivity (Wildman–Crippen MR) is 132 cm³/mol. The van der Waals surface area contributed by atoms with E-state index in [1.165, 1.54) is 11.1 Å². The Bertz CT molecular complexity index is 1350. The number of anilines is 1. The first-order valence-corrected chi connectivity index (χ1v) is 12.6. The van der Waals surface area contributed by atoms with Crippen molar-refractivity contribution in [3.63, 3.8) is 0 Å². The zero-order valence-electron chi connectivity index (χ0n) is 22.9. The van der Waals surface area contributed by atoms with E-state index in [2.05, 4.69) is 43.9 Å². The van der Waals surface area contributed by atoms with Crippen LogP contribution >= 0.6 is 0 Å². The van der Waals surface area contributed by atoms with Crippen LogP contribution in [0.2, 0.25) is 0 Å². The summed E-state index contributed by atoms with van der Waals surface area (Å²) in [5.41, 5.74) is 3.55. The molecule has 9 heteroatoms. The lowest BCUT2D eigenvalue weighted by Gasteiger charge is -2.41. The number of piperidine rings is 1. The second-order valence-electron chi connectivity index (χ2n) is 10.3. The summed E-state index contributed by atoms with van der Waals surface area (Å²) in [5.74, 6) is 1.60. The van der Waals surface area contributed by atoms with Crippen molar-refractivity contribution in [2.75, 3.05) is 51.4 Å². The number of morpholine rings is 1. The summed E-state index contributed by atoms with van der Waals surface area (Å²) in [5, 5.41) is 5.68. The molecule has 0 N–H and O–H groups in total. The van der Waals surface area contributed by atoms with Crippen LogP contribution < -0.4 is 9.64 Å². The third-order valence-electron chi connectivity index (χ3n) is 8.24. The second kappa shape index (κ2) is 8.43. The number of ether oxygens (including phenoxy) is 3. The number of aryl methyl sites for hydroxylation is 1. The van der Waals surface area contributed by atoms with E-state index in [9.17, 15) is 0 Å². The Morgan fingerprint density at radius 1 is 1.06 bits per heavy atom. The first-order chi connectivity index (χ1) is 18.3. The molecule has 0 radical (unpaired) electrons. The van der Waals surface area contributed by atoms with E-state index in [1.54, 1.807) is 4.68 Å². The van der Waals surface area contributed by atoms with Gasteiger partial charge in [-0.15, -0.1) is 0 Å². The molecule has 3 aromatic rings. The fraction of sp³-hybridized carbons (Fsp3) is 0.577. The molecule has 6 heterocycles. The number of nitrogens with zero attached hydrogens (tertiary/aromatic N) is 6. The molecule has 4 aliphatic rings. The molecule has 2 atom stereocenters. The van der Waals surface area contributed by atoms with Gasteiger partial charge in [0.1, 0.15) is 5.82 Å². The van der Waals surface area contributed by atoms with Crippen LogP contribution in [0.4, 0.5) is 5.82 Å². The van der Waals surface area contributed by atoms with Crippen molar-refractivity contribution < 1.29 is 18.3 Å². The fourth-order valence-electron chi connectivity index (χ4n) is 6.22. The molecule has 2 unspecified atom stereocenters. The Labute approximate surface area is 209 Å². The lowest BCUT2D eigenvalue weighted by atomic mass is 9.85. The van der Waals surface area contributed by atoms with Crippen molar-refractivity contribution in [2.24, 2.45) is 0 Å². The molecule has 2 aromatic heterocycles. The Morgan fingerprint density at radius 2 is 1.91 bits per heavy atom. The van der Waals surface area contributed by atoms with Crippen molar-refractivity contribution >= 4 is 16.7 Å². The number of hydrogen-bond donors (Lipinski definition) is 0. The average molecular weight is 480 g/mol. The van der Waals surface area contributed by atoms with Crippen LogP contribution in [-0.4, -0.2) is 89.3 Å². The summed E-state index contributed by atoms with van der Waals surface area (Å²) in [6, 6.07) is 6.92. The maximum absolute atomic E-state index is 7.59. The van der Waals surface area contributed by atoms with Gasteiger partial charge in [-0.05, 0) is 68.5 Å². The minimum absolute atomic E-state index is 0.171. The molecule has 0 spiro atoms. The number of likely N-dealkylation sites (tertiary alicyclic amines) is 1. The summed E-state index contributed by atoms with van der Waals surface area (Å²) in [7, 11) is -2.65. The van der Waals surface area contributed by atoms with Crippen LogP contribution in [-0.2, 0) is 9.47 Å². The van der Waals surface area contributed by atoms with E-state index in [0.29, 0.717) is 36.7 Å². The molecule has 7 rings (SSSR count). The van der Waals surface area contributed by atoms with E-state index in [4.69, 9.17) is 18.3 Å². The van der Waals surface area contributed by atoms with E-state index in [-0.39, 0.29) is 18.2 Å². The van der Waals surface area contributed by atoms with E-state index >= 15 is 0 Å². The highest BCUT2D eigenvalue weighted by Crippen LogP contribution is 2.36. The molecule has 4 aliphatic heterocycles. The van der Waals surface area contributed by atoms with E-state index < -0.39 is 7.04 Å². The summed E-state index contributed by atoms with van der Waals surface area (Å²) in [6.07, 6.45) is 5.18. The van der Waals surface area contributed by atoms with E-state index in [0.717, 1.165) is 56.5 Å². The lowest BCUT2D eigenvalue weighted by Crippen LogP contribution is -2.51. The van der Waals surface area contributed by atoms with Gasteiger partial charge in [0.2, 0.25) is 0 Å². The monoisotopic (exact) mass is 479 g/mol. The van der Waals surface area contributed by atoms with Gasteiger partial charge >= 0.3 is 6.01 Å². The summed E-state index contributed by atoms with van der Waals surface area (Å²) in [6.45, 7) is 7.41. The SMILES string of the molecule is [2H]C([2H])([2H])Oc1nc(N2CC3CC2CO3)cc(-n2ncc3cc(C)c(C4CCN(C5COC5)CC4)cc32)n1. The molecule has 0 aliphatic carbocycles. The second-order valence-corrected chi connectivity index (χ2v) is 10.3. The molecule has 1 aromatic carbocycles. The number of fused-ring (bicyclic) bond motifs is 3. The van der Waals surface area contributed by atoms with Gasteiger partial charge < -0.3 is 19.1 Å². The molecule has 4 fully saturated rings. The van der Waals surface area contributed by atoms with Crippen molar-refractivity contribution in [1.29, 1.82) is 0 Å². The molecule has 0 amide bonds. The Kier molecular flexibility index (Phi) is 4.46. The molecular formula is C26H32N6O3. The molecular weight excluding hydrogens is 444 g/mol. The summed E-state index contributed by atoms with van der Waals surface area (Å²) < 4.78 is 40.9. The number of rotatable bonds is 5. The van der Waals surface area contributed by atoms with Gasteiger partial charge in [0.15, 0.2) is 5.82 Å². The topological polar surface area (TPSA) is 77.8 Å². The van der Waals surface area contributed by atoms with Crippen molar-refractivity contribution in [2.45, 2.75) is 50.3 Å². The zero-order chi connectivity index (χ0) is 26.0. The fourth-order valence-corrected chi connectivity index (χ4v) is 6.22. The minimum Gasteiger partial charge on any atom is -0.467 e. The maximum Gasteiger partial charge on any atom is 0.320 e. The van der Waals surface area contributed by atoms with E-state index in [1.807, 2.05) is 12.3 Å². The average Bonchev–Trinajstić information content (AvgIpc) is 3.57. The van der Waals surface area contributed by atoms with Gasteiger partial charge in [-0.1, -0.05) is 0 Å². The number of aromatic nitrogens is 4. The Hall–Kier alpha value is -2.75. The quantitative estimate of drug-likeness (QED) is 0.553. The first-order valence-electron chi connectivity index (χ1n) is 14.1. The van der Waals surface area contributed by atoms with Gasteiger partial charge in [-0.2, -0.15) is 15.1 Å². The molecule has 9 nitrogen and oxygen atoms in total. The molecule has 35 heavy (non-hydrogen) atoms. The third-order valence-corrected chi connectivity index (χ3v) is 8.24. The zero-order valence-corrected chi connectivity index (χ0v) is 19.9. The normalized spacial score (nSPS) is 27.1. The van der Waals surface area contributed by atoms with Gasteiger partial charge in [0, 0.05) is 18.0 Å². The molecule has 184 valence electrons. The van der Waals surface area contributed by atoms with Crippen LogP contribution in [0.15, 0.2) is 24.4 Å². The van der Waals surface area contributed by atoms with Crippen LogP contribution in [0.25, 0.3) is 16.7 Å². The van der Waals surface area contributed by atoms with Crippen molar-refractivity contribution in [1.82, 2.24) is 24.6 Å². The van der Waals surface area contributed by atoms with Crippen molar-refractivity contribution in [3.05, 3.63) is 35.5 Å². The molecule has 2 bridgehead atoms. The number of benzene rings is 1. The van der Waals surface area contributed by atoms with Crippen LogP contribution in [0.1, 0.15) is 40.4 Å². The van der Waals surface area contributed by atoms with Gasteiger partial charge in [0.25, 0.3) is 0 Å². The summed E-state index contributed by atoms with van der Waals surface area (Å²) in [4.78, 5) is 13.7. The Balaban J connectivity index is 1.24. The maximum atomic E-state index is 7.59. The number of hydrogen-bond acceptors (Lipinski definition) is 8. The minimum atomic E-state index is -2.65. The largest absolute Gasteiger partial charge is 0.467 e. The van der Waals surface area contributed by atoms with Gasteiger partial charge in [-0.3, -0.25) is 4.90 Å². The van der Waals surface area contributed by atoms with Gasteiger partial charge in [0.05, 0.1) is 60.9 Å². The first kappa shape index (κ1) is 18.5. The van der Waals surface area contributed by atoms with Crippen LogP contribution in [0, 0.1) is 6.92 Å². The van der Waals surface area contributed by atoms with Crippen molar-refractivity contribution in [3.8, 4) is 11.8 Å². The predicted octanol–water partition coefficient (Wildman–Crippen LogP) is 2.69. The molecule has 0 saturated carbocycles. The molecule has 4 saturated heterocycles. The highest BCUT2D eigenvalue weighted by Gasteiger charge is 2.40. The Morgan fingerprint density at radius 3 is 2.63 bits per heavy atom. The van der Waals surface area contributed by atoms with Crippen LogP contribution in [0.3, 0.4) is 0 Å². The highest BCUT2D eigenvalue weighted by atomic mass is 16.5. The summed E-state index contributed by atoms with van der Waals surface area (Å²) >= 11 is 0. The number of methoxy groups -OCH3 is 1. The third kappa shape index (κ3) is 3.68.